The number of aromatic carboxylic acids is 1. The quantitative estimate of drug-likeness (QED) is 0.382. The predicted molar refractivity (Wildman–Crippen MR) is 131 cm³/mol. The van der Waals surface area contributed by atoms with Crippen molar-refractivity contribution in [1.29, 1.82) is 0 Å². The highest BCUT2D eigenvalue weighted by atomic mass is 16.4. The van der Waals surface area contributed by atoms with Crippen LogP contribution < -0.4 is 0 Å². The van der Waals surface area contributed by atoms with Gasteiger partial charge in [-0.15, -0.1) is 0 Å². The zero-order valence-corrected chi connectivity index (χ0v) is 19.1. The Kier molecular flexibility index (Phi) is 5.94. The van der Waals surface area contributed by atoms with Crippen molar-refractivity contribution in [1.82, 2.24) is 9.47 Å². The third kappa shape index (κ3) is 4.22. The molecule has 2 aromatic heterocycles. The third-order valence-corrected chi connectivity index (χ3v) is 6.44. The molecule has 0 spiro atoms. The van der Waals surface area contributed by atoms with Crippen molar-refractivity contribution >= 4 is 28.3 Å². The van der Waals surface area contributed by atoms with Crippen LogP contribution >= 0.6 is 0 Å². The molecule has 3 heterocycles. The number of rotatable bonds is 6. The summed E-state index contributed by atoms with van der Waals surface area (Å²) in [7, 11) is 1.73. The van der Waals surface area contributed by atoms with Crippen LogP contribution in [-0.2, 0) is 13.6 Å². The Labute approximate surface area is 197 Å². The number of carboxylic acids is 1. The molecule has 34 heavy (non-hydrogen) atoms. The van der Waals surface area contributed by atoms with E-state index in [1.54, 1.807) is 42.1 Å². The van der Waals surface area contributed by atoms with Crippen LogP contribution in [0.15, 0.2) is 70.3 Å². The molecule has 0 atom stereocenters. The average molecular weight is 458 g/mol. The summed E-state index contributed by atoms with van der Waals surface area (Å²) in [5.41, 5.74) is 3.68. The summed E-state index contributed by atoms with van der Waals surface area (Å²) in [6.45, 7) is 3.21. The minimum absolute atomic E-state index is 0.00518. The maximum Gasteiger partial charge on any atom is 0.335 e. The molecule has 0 radical (unpaired) electrons. The predicted octanol–water partition coefficient (Wildman–Crippen LogP) is 5.33. The van der Waals surface area contributed by atoms with Crippen LogP contribution in [0.2, 0.25) is 0 Å². The van der Waals surface area contributed by atoms with E-state index in [9.17, 15) is 15.0 Å². The second kappa shape index (κ2) is 9.19. The Balaban J connectivity index is 1.57. The number of hydrogen-bond acceptors (Lipinski definition) is 5. The topological polar surface area (TPSA) is 91.2 Å². The van der Waals surface area contributed by atoms with Gasteiger partial charge in [-0.2, -0.15) is 0 Å². The van der Waals surface area contributed by atoms with Crippen molar-refractivity contribution in [2.24, 2.45) is 12.0 Å². The number of carboxylic acid groups (broad SMARTS) is 1. The molecule has 0 aliphatic carbocycles. The number of aromatic hydroxyl groups is 1. The zero-order chi connectivity index (χ0) is 23.7. The first-order valence-corrected chi connectivity index (χ1v) is 11.5. The molecule has 0 saturated carbocycles. The first kappa shape index (κ1) is 22.0. The van der Waals surface area contributed by atoms with E-state index in [1.807, 2.05) is 12.1 Å². The minimum atomic E-state index is -1.03. The van der Waals surface area contributed by atoms with Gasteiger partial charge in [-0.1, -0.05) is 18.6 Å². The van der Waals surface area contributed by atoms with Gasteiger partial charge in [0.15, 0.2) is 5.76 Å². The van der Waals surface area contributed by atoms with E-state index in [4.69, 9.17) is 9.41 Å². The highest BCUT2D eigenvalue weighted by Crippen LogP contribution is 2.34. The summed E-state index contributed by atoms with van der Waals surface area (Å²) >= 11 is 0. The molecule has 1 aliphatic heterocycles. The Morgan fingerprint density at radius 2 is 1.82 bits per heavy atom. The van der Waals surface area contributed by atoms with Crippen LogP contribution in [0.5, 0.6) is 5.88 Å². The molecule has 1 saturated heterocycles. The summed E-state index contributed by atoms with van der Waals surface area (Å²) < 4.78 is 7.28. The monoisotopic (exact) mass is 457 g/mol. The summed E-state index contributed by atoms with van der Waals surface area (Å²) in [6, 6.07) is 16.4. The van der Waals surface area contributed by atoms with Crippen molar-refractivity contribution in [2.45, 2.75) is 25.8 Å². The fraction of sp³-hybridized carbons (Fsp3) is 0.259. The lowest BCUT2D eigenvalue weighted by Gasteiger charge is -2.26. The number of carbonyl (C=O) groups is 1. The molecular weight excluding hydrogens is 430 g/mol. The molecule has 7 nitrogen and oxygen atoms in total. The Morgan fingerprint density at radius 3 is 2.50 bits per heavy atom. The SMILES string of the molecule is Cn1c(O)c(C(=Nc2ccc(CN3CCCCC3)cc2)c2ccco2)c2cc(C(=O)O)ccc21. The smallest absolute Gasteiger partial charge is 0.335 e. The van der Waals surface area contributed by atoms with E-state index in [-0.39, 0.29) is 11.4 Å². The van der Waals surface area contributed by atoms with Crippen LogP contribution in [0.3, 0.4) is 0 Å². The van der Waals surface area contributed by atoms with Crippen LogP contribution in [-0.4, -0.2) is 44.5 Å². The third-order valence-electron chi connectivity index (χ3n) is 6.44. The highest BCUT2D eigenvalue weighted by Gasteiger charge is 2.23. The second-order valence-electron chi connectivity index (χ2n) is 8.74. The molecule has 0 bridgehead atoms. The number of nitrogens with zero attached hydrogens (tertiary/aromatic N) is 3. The van der Waals surface area contributed by atoms with Gasteiger partial charge in [0.25, 0.3) is 0 Å². The molecule has 7 heteroatoms. The summed E-state index contributed by atoms with van der Waals surface area (Å²) in [5.74, 6) is -0.549. The lowest BCUT2D eigenvalue weighted by atomic mass is 10.0. The van der Waals surface area contributed by atoms with E-state index in [2.05, 4.69) is 17.0 Å². The molecule has 0 amide bonds. The lowest BCUT2D eigenvalue weighted by molar-refractivity contribution is 0.0697. The van der Waals surface area contributed by atoms with Gasteiger partial charge in [0.1, 0.15) is 5.71 Å². The maximum atomic E-state index is 11.6. The zero-order valence-electron chi connectivity index (χ0n) is 19.1. The van der Waals surface area contributed by atoms with Gasteiger partial charge < -0.3 is 19.2 Å². The number of aliphatic imine (C=N–C) groups is 1. The van der Waals surface area contributed by atoms with Crippen LogP contribution in [0.1, 0.15) is 46.5 Å². The molecule has 0 unspecified atom stereocenters. The molecule has 2 aromatic carbocycles. The number of aromatic nitrogens is 1. The number of furan rings is 1. The van der Waals surface area contributed by atoms with Crippen LogP contribution in [0.4, 0.5) is 5.69 Å². The van der Waals surface area contributed by atoms with Crippen molar-refractivity contribution in [3.63, 3.8) is 0 Å². The molecule has 5 rings (SSSR count). The number of benzene rings is 2. The van der Waals surface area contributed by atoms with Gasteiger partial charge in [-0.25, -0.2) is 9.79 Å². The van der Waals surface area contributed by atoms with Crippen molar-refractivity contribution in [3.05, 3.63) is 83.3 Å². The Morgan fingerprint density at radius 1 is 1.06 bits per heavy atom. The number of hydrogen-bond donors (Lipinski definition) is 2. The number of fused-ring (bicyclic) bond motifs is 1. The average Bonchev–Trinajstić information content (AvgIpc) is 3.47. The normalized spacial score (nSPS) is 15.1. The molecule has 4 aromatic rings. The standard InChI is InChI=1S/C27H27N3O4/c1-29-22-12-9-19(27(32)33)16-21(22)24(26(29)31)25(23-6-5-15-34-23)28-20-10-7-18(8-11-20)17-30-13-3-2-4-14-30/h5-12,15-16,31H,2-4,13-14,17H2,1H3,(H,32,33). The van der Waals surface area contributed by atoms with Gasteiger partial charge >= 0.3 is 5.97 Å². The van der Waals surface area contributed by atoms with E-state index in [0.717, 1.165) is 25.3 Å². The number of aryl methyl sites for hydroxylation is 1. The number of piperidine rings is 1. The van der Waals surface area contributed by atoms with Crippen molar-refractivity contribution < 1.29 is 19.4 Å². The second-order valence-corrected chi connectivity index (χ2v) is 8.74. The molecule has 2 N–H and O–H groups in total. The van der Waals surface area contributed by atoms with E-state index < -0.39 is 5.97 Å². The molecular formula is C27H27N3O4. The van der Waals surface area contributed by atoms with Crippen molar-refractivity contribution in [2.75, 3.05) is 13.1 Å². The molecule has 1 fully saturated rings. The molecule has 1 aliphatic rings. The molecule has 174 valence electrons. The first-order chi connectivity index (χ1) is 16.5. The number of likely N-dealkylation sites (tertiary alicyclic amines) is 1. The van der Waals surface area contributed by atoms with Crippen LogP contribution in [0, 0.1) is 0 Å². The van der Waals surface area contributed by atoms with Gasteiger partial charge in [0.05, 0.1) is 28.6 Å². The summed E-state index contributed by atoms with van der Waals surface area (Å²) in [6.07, 6.45) is 5.38. The first-order valence-electron chi connectivity index (χ1n) is 11.5. The van der Waals surface area contributed by atoms with Crippen LogP contribution in [0.25, 0.3) is 10.9 Å². The van der Waals surface area contributed by atoms with Gasteiger partial charge in [0.2, 0.25) is 5.88 Å². The van der Waals surface area contributed by atoms with Crippen molar-refractivity contribution in [3.8, 4) is 5.88 Å². The largest absolute Gasteiger partial charge is 0.494 e. The maximum absolute atomic E-state index is 11.6. The minimum Gasteiger partial charge on any atom is -0.494 e. The summed E-state index contributed by atoms with van der Waals surface area (Å²) in [4.78, 5) is 18.9. The fourth-order valence-electron chi connectivity index (χ4n) is 4.63. The van der Waals surface area contributed by atoms with Gasteiger partial charge in [0, 0.05) is 19.0 Å². The van der Waals surface area contributed by atoms with E-state index >= 15 is 0 Å². The fourth-order valence-corrected chi connectivity index (χ4v) is 4.63. The summed E-state index contributed by atoms with van der Waals surface area (Å²) in [5, 5.41) is 21.1. The van der Waals surface area contributed by atoms with Gasteiger partial charge in [-0.05, 0) is 74.0 Å². The Hall–Kier alpha value is -3.84. The van der Waals surface area contributed by atoms with Gasteiger partial charge in [-0.3, -0.25) is 4.90 Å². The van der Waals surface area contributed by atoms with E-state index in [0.29, 0.717) is 27.9 Å². The van der Waals surface area contributed by atoms with E-state index in [1.165, 1.54) is 30.9 Å². The Bertz CT molecular complexity index is 1350. The highest BCUT2D eigenvalue weighted by molar-refractivity contribution is 6.21. The lowest BCUT2D eigenvalue weighted by Crippen LogP contribution is -2.28.